The first kappa shape index (κ1) is 17.7. The van der Waals surface area contributed by atoms with E-state index in [4.69, 9.17) is 9.47 Å². The van der Waals surface area contributed by atoms with Gasteiger partial charge in [-0.1, -0.05) is 53.6 Å². The Bertz CT molecular complexity index is 1030. The van der Waals surface area contributed by atoms with Crippen LogP contribution in [0.5, 0.6) is 5.75 Å². The van der Waals surface area contributed by atoms with Crippen molar-refractivity contribution in [1.82, 2.24) is 20.2 Å². The van der Waals surface area contributed by atoms with Crippen LogP contribution in [0.3, 0.4) is 0 Å². The van der Waals surface area contributed by atoms with E-state index in [1.807, 2.05) is 54.6 Å². The maximum atomic E-state index is 12.5. The molecule has 3 aromatic rings. The van der Waals surface area contributed by atoms with E-state index in [2.05, 4.69) is 20.8 Å². The molecule has 0 radical (unpaired) electrons. The number of nitrogens with one attached hydrogen (secondary N) is 1. The van der Waals surface area contributed by atoms with Gasteiger partial charge in [0.15, 0.2) is 0 Å². The van der Waals surface area contributed by atoms with E-state index in [0.717, 1.165) is 11.1 Å². The second-order valence-corrected chi connectivity index (χ2v) is 6.32. The Hall–Kier alpha value is -3.68. The van der Waals surface area contributed by atoms with E-state index in [9.17, 15) is 4.79 Å². The summed E-state index contributed by atoms with van der Waals surface area (Å²) >= 11 is 0. The second kappa shape index (κ2) is 7.51. The molecule has 1 atom stereocenters. The second-order valence-electron chi connectivity index (χ2n) is 6.32. The predicted molar refractivity (Wildman–Crippen MR) is 102 cm³/mol. The largest absolute Gasteiger partial charge is 0.489 e. The molecule has 2 aromatic carbocycles. The SMILES string of the molecule is COC(=O)C1=C(C)Nc2nnnn2C1c1ccccc1OCc1ccccc1. The summed E-state index contributed by atoms with van der Waals surface area (Å²) in [6.45, 7) is 2.20. The van der Waals surface area contributed by atoms with Crippen LogP contribution in [0.2, 0.25) is 0 Å². The Morgan fingerprint density at radius 1 is 1.14 bits per heavy atom. The van der Waals surface area contributed by atoms with Crippen LogP contribution in [0.25, 0.3) is 0 Å². The predicted octanol–water partition coefficient (Wildman–Crippen LogP) is 2.71. The third-order valence-corrected chi connectivity index (χ3v) is 4.57. The van der Waals surface area contributed by atoms with E-state index in [-0.39, 0.29) is 0 Å². The number of methoxy groups -OCH3 is 1. The summed E-state index contributed by atoms with van der Waals surface area (Å²) in [4.78, 5) is 12.5. The fourth-order valence-corrected chi connectivity index (χ4v) is 3.25. The van der Waals surface area contributed by atoms with Crippen molar-refractivity contribution in [2.24, 2.45) is 0 Å². The fourth-order valence-electron chi connectivity index (χ4n) is 3.25. The number of carbonyl (C=O) groups is 1. The summed E-state index contributed by atoms with van der Waals surface area (Å²) in [7, 11) is 1.35. The molecule has 0 fully saturated rings. The summed E-state index contributed by atoms with van der Waals surface area (Å²) in [6.07, 6.45) is 0. The van der Waals surface area contributed by atoms with Crippen LogP contribution in [0.1, 0.15) is 24.1 Å². The van der Waals surface area contributed by atoms with Gasteiger partial charge in [-0.2, -0.15) is 4.68 Å². The molecule has 0 spiro atoms. The van der Waals surface area contributed by atoms with E-state index in [1.165, 1.54) is 7.11 Å². The van der Waals surface area contributed by atoms with Crippen LogP contribution >= 0.6 is 0 Å². The summed E-state index contributed by atoms with van der Waals surface area (Å²) in [5.41, 5.74) is 2.88. The highest BCUT2D eigenvalue weighted by atomic mass is 16.5. The smallest absolute Gasteiger partial charge is 0.338 e. The molecule has 8 heteroatoms. The third-order valence-electron chi connectivity index (χ3n) is 4.57. The number of tetrazole rings is 1. The molecular formula is C20H19N5O3. The summed E-state index contributed by atoms with van der Waals surface area (Å²) in [6, 6.07) is 16.9. The first-order valence-electron chi connectivity index (χ1n) is 8.78. The van der Waals surface area contributed by atoms with Crippen molar-refractivity contribution in [3.8, 4) is 5.75 Å². The van der Waals surface area contributed by atoms with Crippen LogP contribution in [0.4, 0.5) is 5.95 Å². The number of ether oxygens (including phenoxy) is 2. The molecule has 1 aliphatic rings. The van der Waals surface area contributed by atoms with Gasteiger partial charge in [0.2, 0.25) is 5.95 Å². The number of esters is 1. The Morgan fingerprint density at radius 2 is 1.89 bits per heavy atom. The van der Waals surface area contributed by atoms with Crippen molar-refractivity contribution in [3.05, 3.63) is 77.0 Å². The van der Waals surface area contributed by atoms with Crippen molar-refractivity contribution >= 4 is 11.9 Å². The molecule has 0 amide bonds. The topological polar surface area (TPSA) is 91.2 Å². The minimum atomic E-state index is -0.564. The first-order valence-corrected chi connectivity index (χ1v) is 8.78. The van der Waals surface area contributed by atoms with E-state index < -0.39 is 12.0 Å². The molecule has 1 unspecified atom stereocenters. The lowest BCUT2D eigenvalue weighted by molar-refractivity contribution is -0.136. The van der Waals surface area contributed by atoms with Gasteiger partial charge >= 0.3 is 5.97 Å². The van der Waals surface area contributed by atoms with Crippen LogP contribution < -0.4 is 10.1 Å². The maximum absolute atomic E-state index is 12.5. The third kappa shape index (κ3) is 3.20. The fraction of sp³-hybridized carbons (Fsp3) is 0.200. The van der Waals surface area contributed by atoms with Gasteiger partial charge in [0.25, 0.3) is 0 Å². The van der Waals surface area contributed by atoms with Crippen LogP contribution in [-0.4, -0.2) is 33.3 Å². The molecule has 28 heavy (non-hydrogen) atoms. The molecule has 1 aliphatic heterocycles. The number of aromatic nitrogens is 4. The number of rotatable bonds is 5. The monoisotopic (exact) mass is 377 g/mol. The van der Waals surface area contributed by atoms with Crippen LogP contribution in [0, 0.1) is 0 Å². The van der Waals surface area contributed by atoms with Crippen LogP contribution in [0.15, 0.2) is 65.9 Å². The van der Waals surface area contributed by atoms with Gasteiger partial charge in [0.05, 0.1) is 12.7 Å². The summed E-state index contributed by atoms with van der Waals surface area (Å²) in [5, 5.41) is 14.8. The molecule has 0 saturated heterocycles. The highest BCUT2D eigenvalue weighted by molar-refractivity contribution is 5.92. The highest BCUT2D eigenvalue weighted by Crippen LogP contribution is 2.38. The molecule has 1 N–H and O–H groups in total. The number of fused-ring (bicyclic) bond motifs is 1. The average Bonchev–Trinajstić information content (AvgIpc) is 3.19. The van der Waals surface area contributed by atoms with Gasteiger partial charge < -0.3 is 14.8 Å². The Kier molecular flexibility index (Phi) is 4.76. The van der Waals surface area contributed by atoms with Gasteiger partial charge in [0.1, 0.15) is 18.4 Å². The number of para-hydroxylation sites is 1. The van der Waals surface area contributed by atoms with Gasteiger partial charge in [-0.25, -0.2) is 4.79 Å². The quantitative estimate of drug-likeness (QED) is 0.684. The van der Waals surface area contributed by atoms with Gasteiger partial charge in [0, 0.05) is 11.3 Å². The zero-order valence-electron chi connectivity index (χ0n) is 15.5. The van der Waals surface area contributed by atoms with Gasteiger partial charge in [-0.05, 0) is 29.0 Å². The lowest BCUT2D eigenvalue weighted by atomic mass is 9.95. The van der Waals surface area contributed by atoms with Crippen LogP contribution in [-0.2, 0) is 16.1 Å². The number of hydrogen-bond acceptors (Lipinski definition) is 7. The first-order chi connectivity index (χ1) is 13.7. The standard InChI is InChI=1S/C20H19N5O3/c1-13-17(19(26)27-2)18(25-20(21-13)22-23-24-25)15-10-6-7-11-16(15)28-12-14-8-4-3-5-9-14/h3-11,18H,12H2,1-2H3,(H,21,22,24). The molecule has 8 nitrogen and oxygen atoms in total. The van der Waals surface area contributed by atoms with E-state index >= 15 is 0 Å². The minimum Gasteiger partial charge on any atom is -0.489 e. The molecular weight excluding hydrogens is 358 g/mol. The molecule has 2 heterocycles. The van der Waals surface area contributed by atoms with E-state index in [0.29, 0.717) is 29.6 Å². The maximum Gasteiger partial charge on any atom is 0.338 e. The van der Waals surface area contributed by atoms with Crippen molar-refractivity contribution in [3.63, 3.8) is 0 Å². The van der Waals surface area contributed by atoms with Crippen molar-refractivity contribution in [2.45, 2.75) is 19.6 Å². The molecule has 0 saturated carbocycles. The normalized spacial score (nSPS) is 15.6. The lowest BCUT2D eigenvalue weighted by Gasteiger charge is -2.28. The minimum absolute atomic E-state index is 0.404. The van der Waals surface area contributed by atoms with Crippen molar-refractivity contribution in [2.75, 3.05) is 12.4 Å². The summed E-state index contributed by atoms with van der Waals surface area (Å²) in [5.74, 6) is 0.649. The average molecular weight is 377 g/mol. The lowest BCUT2D eigenvalue weighted by Crippen LogP contribution is -2.29. The molecule has 142 valence electrons. The number of benzene rings is 2. The number of anilines is 1. The molecule has 0 aliphatic carbocycles. The zero-order valence-corrected chi connectivity index (χ0v) is 15.5. The van der Waals surface area contributed by atoms with Gasteiger partial charge in [-0.15, -0.1) is 0 Å². The summed E-state index contributed by atoms with van der Waals surface area (Å²) < 4.78 is 12.7. The number of nitrogens with zero attached hydrogens (tertiary/aromatic N) is 4. The highest BCUT2D eigenvalue weighted by Gasteiger charge is 2.36. The molecule has 0 bridgehead atoms. The number of carbonyl (C=O) groups excluding carboxylic acids is 1. The number of allylic oxidation sites excluding steroid dienone is 1. The molecule has 1 aromatic heterocycles. The van der Waals surface area contributed by atoms with Gasteiger partial charge in [-0.3, -0.25) is 0 Å². The Labute approximate surface area is 161 Å². The Morgan fingerprint density at radius 3 is 2.68 bits per heavy atom. The number of hydrogen-bond donors (Lipinski definition) is 1. The van der Waals surface area contributed by atoms with Crippen molar-refractivity contribution in [1.29, 1.82) is 0 Å². The zero-order chi connectivity index (χ0) is 19.5. The van der Waals surface area contributed by atoms with Crippen molar-refractivity contribution < 1.29 is 14.3 Å². The Balaban J connectivity index is 1.76. The van der Waals surface area contributed by atoms with E-state index in [1.54, 1.807) is 11.6 Å². The molecule has 4 rings (SSSR count).